The van der Waals surface area contributed by atoms with Crippen molar-refractivity contribution >= 4 is 43.8 Å². The van der Waals surface area contributed by atoms with E-state index < -0.39 is 5.91 Å². The number of hydrogen-bond donors (Lipinski definition) is 0. The van der Waals surface area contributed by atoms with Gasteiger partial charge in [0.2, 0.25) is 0 Å². The van der Waals surface area contributed by atoms with E-state index in [1.807, 2.05) is 36.4 Å². The molecule has 0 spiro atoms. The summed E-state index contributed by atoms with van der Waals surface area (Å²) in [4.78, 5) is 12.6. The average Bonchev–Trinajstić information content (AvgIpc) is 3.04. The molecule has 0 unspecified atom stereocenters. The second-order valence-electron chi connectivity index (χ2n) is 6.42. The minimum atomic E-state index is -0.454. The maximum absolute atomic E-state index is 12.6. The number of halogens is 2. The highest BCUT2D eigenvalue weighted by molar-refractivity contribution is 9.10. The first kappa shape index (κ1) is 21.0. The predicted molar refractivity (Wildman–Crippen MR) is 119 cm³/mol. The van der Waals surface area contributed by atoms with E-state index in [2.05, 4.69) is 37.0 Å². The Morgan fingerprint density at radius 3 is 2.48 bits per heavy atom. The van der Waals surface area contributed by atoms with E-state index in [4.69, 9.17) is 4.74 Å². The number of rotatable bonds is 5. The predicted octanol–water partition coefficient (Wildman–Crippen LogP) is 5.85. The van der Waals surface area contributed by atoms with Gasteiger partial charge < -0.3 is 4.74 Å². The van der Waals surface area contributed by atoms with Crippen LogP contribution in [0.2, 0.25) is 0 Å². The second kappa shape index (κ2) is 9.21. The summed E-state index contributed by atoms with van der Waals surface area (Å²) >= 11 is 6.90. The molecule has 5 nitrogen and oxygen atoms in total. The van der Waals surface area contributed by atoms with Crippen molar-refractivity contribution in [2.45, 2.75) is 20.5 Å². The van der Waals surface area contributed by atoms with Gasteiger partial charge in [0.1, 0.15) is 24.0 Å². The van der Waals surface area contributed by atoms with Crippen molar-refractivity contribution < 1.29 is 9.53 Å². The number of nitrogens with zero attached hydrogens (tertiary/aromatic N) is 3. The fourth-order valence-corrected chi connectivity index (χ4v) is 3.50. The third kappa shape index (κ3) is 5.22. The molecule has 0 aliphatic rings. The summed E-state index contributed by atoms with van der Waals surface area (Å²) in [6, 6.07) is 17.1. The standard InChI is InChI=1S/C22H17Br2N3O2/c1-14-9-15(2)27(26-14)22(28)18(12-25)10-17-5-8-21(20(24)11-17)29-13-16-3-6-19(23)7-4-16/h3-11H,13H2,1-2H3/b18-10+. The Kier molecular flexibility index (Phi) is 6.68. The van der Waals surface area contributed by atoms with Gasteiger partial charge in [0, 0.05) is 10.2 Å². The first-order valence-corrected chi connectivity index (χ1v) is 10.3. The van der Waals surface area contributed by atoms with Crippen LogP contribution in [0.1, 0.15) is 27.3 Å². The number of hydrogen-bond acceptors (Lipinski definition) is 4. The molecule has 0 N–H and O–H groups in total. The van der Waals surface area contributed by atoms with Gasteiger partial charge in [-0.1, -0.05) is 34.1 Å². The number of aromatic nitrogens is 2. The van der Waals surface area contributed by atoms with Gasteiger partial charge in [0.05, 0.1) is 10.2 Å². The normalized spacial score (nSPS) is 11.2. The highest BCUT2D eigenvalue weighted by Gasteiger charge is 2.15. The molecule has 29 heavy (non-hydrogen) atoms. The van der Waals surface area contributed by atoms with E-state index in [9.17, 15) is 10.1 Å². The average molecular weight is 515 g/mol. The van der Waals surface area contributed by atoms with Crippen molar-refractivity contribution in [2.24, 2.45) is 0 Å². The molecule has 0 fully saturated rings. The van der Waals surface area contributed by atoms with Crippen LogP contribution in [-0.4, -0.2) is 15.7 Å². The molecule has 3 rings (SSSR count). The minimum Gasteiger partial charge on any atom is -0.488 e. The van der Waals surface area contributed by atoms with Gasteiger partial charge in [0.15, 0.2) is 0 Å². The molecular formula is C22H17Br2N3O2. The van der Waals surface area contributed by atoms with Gasteiger partial charge in [-0.05, 0) is 77.3 Å². The monoisotopic (exact) mass is 513 g/mol. The highest BCUT2D eigenvalue weighted by Crippen LogP contribution is 2.28. The lowest BCUT2D eigenvalue weighted by Gasteiger charge is -2.09. The summed E-state index contributed by atoms with van der Waals surface area (Å²) in [5.41, 5.74) is 3.17. The Morgan fingerprint density at radius 2 is 1.90 bits per heavy atom. The van der Waals surface area contributed by atoms with Crippen molar-refractivity contribution in [3.05, 3.63) is 85.6 Å². The number of nitriles is 1. The van der Waals surface area contributed by atoms with Crippen molar-refractivity contribution in [2.75, 3.05) is 0 Å². The van der Waals surface area contributed by atoms with E-state index in [0.29, 0.717) is 23.6 Å². The van der Waals surface area contributed by atoms with Crippen LogP contribution in [0.3, 0.4) is 0 Å². The summed E-state index contributed by atoms with van der Waals surface area (Å²) in [6.45, 7) is 4.01. The number of benzene rings is 2. The lowest BCUT2D eigenvalue weighted by molar-refractivity contribution is 0.0943. The lowest BCUT2D eigenvalue weighted by atomic mass is 10.1. The van der Waals surface area contributed by atoms with Crippen molar-refractivity contribution in [1.82, 2.24) is 9.78 Å². The first-order valence-electron chi connectivity index (χ1n) is 8.74. The van der Waals surface area contributed by atoms with E-state index in [1.54, 1.807) is 38.1 Å². The molecule has 7 heteroatoms. The van der Waals surface area contributed by atoms with Gasteiger partial charge in [-0.25, -0.2) is 4.68 Å². The molecule has 1 aromatic heterocycles. The SMILES string of the molecule is Cc1cc(C)n(C(=O)/C(C#N)=C/c2ccc(OCc3ccc(Br)cc3)c(Br)c2)n1. The Bertz CT molecular complexity index is 1130. The molecule has 0 saturated heterocycles. The zero-order chi connectivity index (χ0) is 21.0. The van der Waals surface area contributed by atoms with E-state index in [-0.39, 0.29) is 5.57 Å². The van der Waals surface area contributed by atoms with Crippen molar-refractivity contribution in [3.63, 3.8) is 0 Å². The van der Waals surface area contributed by atoms with Crippen LogP contribution in [0.5, 0.6) is 5.75 Å². The molecule has 146 valence electrons. The van der Waals surface area contributed by atoms with Crippen LogP contribution in [0, 0.1) is 25.2 Å². The smallest absolute Gasteiger partial charge is 0.289 e. The van der Waals surface area contributed by atoms with Crippen molar-refractivity contribution in [1.29, 1.82) is 5.26 Å². The molecule has 0 saturated carbocycles. The molecular weight excluding hydrogens is 498 g/mol. The molecule has 0 aliphatic carbocycles. The Balaban J connectivity index is 1.77. The molecule has 1 heterocycles. The quantitative estimate of drug-likeness (QED) is 0.316. The summed E-state index contributed by atoms with van der Waals surface area (Å²) in [7, 11) is 0. The summed E-state index contributed by atoms with van der Waals surface area (Å²) in [5, 5.41) is 13.6. The molecule has 0 atom stereocenters. The zero-order valence-electron chi connectivity index (χ0n) is 15.8. The van der Waals surface area contributed by atoms with Crippen LogP contribution in [0.4, 0.5) is 0 Å². The Morgan fingerprint density at radius 1 is 1.17 bits per heavy atom. The van der Waals surface area contributed by atoms with Gasteiger partial charge >= 0.3 is 0 Å². The lowest BCUT2D eigenvalue weighted by Crippen LogP contribution is -2.15. The number of allylic oxidation sites excluding steroid dienone is 1. The number of carbonyl (C=O) groups is 1. The molecule has 0 aliphatic heterocycles. The van der Waals surface area contributed by atoms with Crippen molar-refractivity contribution in [3.8, 4) is 11.8 Å². The maximum Gasteiger partial charge on any atom is 0.289 e. The third-order valence-electron chi connectivity index (χ3n) is 4.13. The van der Waals surface area contributed by atoms with Crippen LogP contribution in [-0.2, 0) is 6.61 Å². The fourth-order valence-electron chi connectivity index (χ4n) is 2.72. The summed E-state index contributed by atoms with van der Waals surface area (Å²) in [6.07, 6.45) is 1.54. The van der Waals surface area contributed by atoms with Crippen LogP contribution < -0.4 is 4.74 Å². The molecule has 3 aromatic rings. The van der Waals surface area contributed by atoms with Crippen LogP contribution in [0.15, 0.2) is 63.0 Å². The Labute approximate surface area is 185 Å². The van der Waals surface area contributed by atoms with Gasteiger partial charge in [-0.15, -0.1) is 0 Å². The van der Waals surface area contributed by atoms with Crippen LogP contribution >= 0.6 is 31.9 Å². The number of ether oxygens (including phenoxy) is 1. The minimum absolute atomic E-state index is 0.00614. The fraction of sp³-hybridized carbons (Fsp3) is 0.136. The highest BCUT2D eigenvalue weighted by atomic mass is 79.9. The molecule has 0 bridgehead atoms. The number of aryl methyl sites for hydroxylation is 2. The first-order chi connectivity index (χ1) is 13.9. The number of carbonyl (C=O) groups excluding carboxylic acids is 1. The van der Waals surface area contributed by atoms with Gasteiger partial charge in [-0.3, -0.25) is 4.79 Å². The summed E-state index contributed by atoms with van der Waals surface area (Å²) < 4.78 is 8.85. The second-order valence-corrected chi connectivity index (χ2v) is 8.19. The third-order valence-corrected chi connectivity index (χ3v) is 5.28. The molecule has 0 amide bonds. The van der Waals surface area contributed by atoms with Gasteiger partial charge in [-0.2, -0.15) is 10.4 Å². The zero-order valence-corrected chi connectivity index (χ0v) is 19.0. The largest absolute Gasteiger partial charge is 0.488 e. The van der Waals surface area contributed by atoms with E-state index in [0.717, 1.165) is 20.2 Å². The maximum atomic E-state index is 12.6. The molecule has 2 aromatic carbocycles. The van der Waals surface area contributed by atoms with E-state index in [1.165, 1.54) is 4.68 Å². The van der Waals surface area contributed by atoms with Gasteiger partial charge in [0.25, 0.3) is 5.91 Å². The summed E-state index contributed by atoms with van der Waals surface area (Å²) in [5.74, 6) is 0.221. The topological polar surface area (TPSA) is 67.9 Å². The van der Waals surface area contributed by atoms with E-state index >= 15 is 0 Å². The molecule has 0 radical (unpaired) electrons. The van der Waals surface area contributed by atoms with Crippen LogP contribution in [0.25, 0.3) is 6.08 Å². The Hall–Kier alpha value is -2.69.